The van der Waals surface area contributed by atoms with Crippen LogP contribution in [-0.4, -0.2) is 95.2 Å². The van der Waals surface area contributed by atoms with E-state index in [2.05, 4.69) is 18.1 Å². The van der Waals surface area contributed by atoms with Crippen LogP contribution < -0.4 is 32.8 Å². The number of nitrogens with zero attached hydrogens (tertiary/aromatic N) is 1. The highest BCUT2D eigenvalue weighted by Gasteiger charge is 2.31. The summed E-state index contributed by atoms with van der Waals surface area (Å²) in [5.74, 6) is -2.21. The molecule has 146 valence electrons. The number of halogens is 1. The van der Waals surface area contributed by atoms with Gasteiger partial charge in [-0.1, -0.05) is 39.9 Å². The van der Waals surface area contributed by atoms with Crippen molar-refractivity contribution in [3.05, 3.63) is 16.3 Å². The predicted molar refractivity (Wildman–Crippen MR) is 144 cm³/mol. The van der Waals surface area contributed by atoms with Crippen molar-refractivity contribution in [2.75, 3.05) is 0 Å². The Balaban J connectivity index is 2.76. The molecule has 2 aromatic rings. The largest absolute Gasteiger partial charge is 0.506 e. The second-order valence-corrected chi connectivity index (χ2v) is 8.55. The molecule has 1 amide bonds. The number of hydrogen-bond donors (Lipinski definition) is 3. The lowest BCUT2D eigenvalue weighted by atomic mass is 9.62. The molecule has 0 fully saturated rings. The average Bonchev–Trinajstić information content (AvgIpc) is 2.66. The first-order chi connectivity index (χ1) is 13.8. The minimum Gasteiger partial charge on any atom is -0.506 e. The Morgan fingerprint density at radius 3 is 2.07 bits per heavy atom. The number of pyridine rings is 1. The molecule has 0 aliphatic heterocycles. The SMILES string of the molecule is BCc1c(B)c(B)c(Cl)c(B)c1-c1c(B)nc(C(=O)NC(B)(B)C(=O)O)c(O)c1B. The van der Waals surface area contributed by atoms with E-state index >= 15 is 0 Å². The number of nitrogens with one attached hydrogen (secondary N) is 1. The van der Waals surface area contributed by atoms with Gasteiger partial charge in [0.1, 0.15) is 60.7 Å². The topological polar surface area (TPSA) is 99.5 Å². The second kappa shape index (κ2) is 8.58. The Morgan fingerprint density at radius 2 is 1.57 bits per heavy atom. The Labute approximate surface area is 188 Å². The number of carboxylic acid groups (broad SMARTS) is 1. The average molecular weight is 415 g/mol. The van der Waals surface area contributed by atoms with Crippen molar-refractivity contribution >= 4 is 114 Å². The summed E-state index contributed by atoms with van der Waals surface area (Å²) in [7, 11) is 14.2. The normalized spacial score (nSPS) is 11.2. The summed E-state index contributed by atoms with van der Waals surface area (Å²) in [5.41, 5.74) is 6.63. The maximum absolute atomic E-state index is 12.7. The minimum atomic E-state index is -1.50. The van der Waals surface area contributed by atoms with Gasteiger partial charge in [-0.2, -0.15) is 0 Å². The third-order valence-corrected chi connectivity index (χ3v) is 6.29. The van der Waals surface area contributed by atoms with Crippen molar-refractivity contribution in [1.29, 1.82) is 0 Å². The lowest BCUT2D eigenvalue weighted by Crippen LogP contribution is -2.56. The van der Waals surface area contributed by atoms with Crippen LogP contribution in [0.25, 0.3) is 11.1 Å². The number of carbonyl (C=O) groups excluding carboxylic acids is 1. The Kier molecular flexibility index (Phi) is 6.92. The van der Waals surface area contributed by atoms with Crippen LogP contribution in [0.3, 0.4) is 0 Å². The van der Waals surface area contributed by atoms with E-state index in [1.807, 2.05) is 23.5 Å². The van der Waals surface area contributed by atoms with E-state index in [0.29, 0.717) is 16.1 Å². The number of rotatable bonds is 5. The fraction of sp³-hybridized carbons (Fsp3) is 0.133. The zero-order valence-corrected chi connectivity index (χ0v) is 19.5. The van der Waals surface area contributed by atoms with Crippen LogP contribution in [0, 0.1) is 0 Å². The standard InChI is InChI=1S/C15H21B8ClN2O4/c16-1-2-3(6(18)9(24)8(20)5(2)17)4-7(19)11(27)10(25-12(4)21)13(28)26-15(22,23)14(29)30/h27H,1,16-23H2,(H,26,28)(H,29,30). The van der Waals surface area contributed by atoms with Crippen LogP contribution in [0.4, 0.5) is 0 Å². The van der Waals surface area contributed by atoms with Crippen LogP contribution >= 0.6 is 11.6 Å². The molecule has 0 saturated carbocycles. The molecule has 0 radical (unpaired) electrons. The number of benzene rings is 1. The third kappa shape index (κ3) is 4.07. The van der Waals surface area contributed by atoms with E-state index in [1.165, 1.54) is 15.7 Å². The Bertz CT molecular complexity index is 1080. The van der Waals surface area contributed by atoms with Gasteiger partial charge in [0.2, 0.25) is 0 Å². The number of carbonyl (C=O) groups is 2. The molecule has 0 aliphatic carbocycles. The molecule has 0 unspecified atom stereocenters. The minimum absolute atomic E-state index is 0.200. The highest BCUT2D eigenvalue weighted by atomic mass is 35.5. The van der Waals surface area contributed by atoms with E-state index in [9.17, 15) is 19.8 Å². The van der Waals surface area contributed by atoms with Crippen LogP contribution in [0.2, 0.25) is 5.02 Å². The zero-order chi connectivity index (χ0) is 23.1. The predicted octanol–water partition coefficient (Wildman–Crippen LogP) is -9.73. The summed E-state index contributed by atoms with van der Waals surface area (Å²) in [6, 6.07) is 0. The van der Waals surface area contributed by atoms with E-state index in [-0.39, 0.29) is 11.4 Å². The number of amides is 1. The molecule has 6 nitrogen and oxygen atoms in total. The molecule has 2 rings (SSSR count). The van der Waals surface area contributed by atoms with Gasteiger partial charge in [0.05, 0.1) is 5.34 Å². The molecule has 0 spiro atoms. The summed E-state index contributed by atoms with van der Waals surface area (Å²) in [6.07, 6.45) is 0.773. The summed E-state index contributed by atoms with van der Waals surface area (Å²) in [4.78, 5) is 28.4. The maximum atomic E-state index is 12.7. The number of carboxylic acids is 1. The molecular formula is C15H21B8ClN2O4. The molecule has 15 heteroatoms. The highest BCUT2D eigenvalue weighted by molar-refractivity contribution is 6.61. The van der Waals surface area contributed by atoms with E-state index in [4.69, 9.17) is 11.6 Å². The molecule has 0 atom stereocenters. The molecule has 1 heterocycles. The fourth-order valence-electron chi connectivity index (χ4n) is 3.74. The molecule has 1 aromatic carbocycles. The summed E-state index contributed by atoms with van der Waals surface area (Å²) in [6.45, 7) is 0. The van der Waals surface area contributed by atoms with Crippen LogP contribution in [0.1, 0.15) is 16.1 Å². The number of aromatic hydroxyl groups is 1. The monoisotopic (exact) mass is 416 g/mol. The van der Waals surface area contributed by atoms with Gasteiger partial charge in [-0.15, -0.1) is 0 Å². The second-order valence-electron chi connectivity index (χ2n) is 8.17. The lowest BCUT2D eigenvalue weighted by molar-refractivity contribution is -0.138. The quantitative estimate of drug-likeness (QED) is 0.422. The first-order valence-electron chi connectivity index (χ1n) is 9.80. The third-order valence-electron chi connectivity index (χ3n) is 5.73. The molecule has 0 aliphatic rings. The van der Waals surface area contributed by atoms with Crippen molar-refractivity contribution in [3.63, 3.8) is 0 Å². The first-order valence-corrected chi connectivity index (χ1v) is 10.2. The van der Waals surface area contributed by atoms with Gasteiger partial charge in [-0.3, -0.25) is 14.6 Å². The van der Waals surface area contributed by atoms with Crippen molar-refractivity contribution in [1.82, 2.24) is 10.3 Å². The molecule has 30 heavy (non-hydrogen) atoms. The molecular weight excluding hydrogens is 394 g/mol. The van der Waals surface area contributed by atoms with E-state index in [1.54, 1.807) is 15.7 Å². The zero-order valence-electron chi connectivity index (χ0n) is 18.7. The smallest absolute Gasteiger partial charge is 0.311 e. The van der Waals surface area contributed by atoms with Gasteiger partial charge in [-0.25, -0.2) is 0 Å². The van der Waals surface area contributed by atoms with Crippen molar-refractivity contribution in [2.24, 2.45) is 0 Å². The van der Waals surface area contributed by atoms with Crippen molar-refractivity contribution < 1.29 is 19.8 Å². The molecule has 1 aromatic heterocycles. The molecule has 3 N–H and O–H groups in total. The van der Waals surface area contributed by atoms with Gasteiger partial charge in [0.25, 0.3) is 5.91 Å². The van der Waals surface area contributed by atoms with Crippen LogP contribution in [0.5, 0.6) is 5.75 Å². The van der Waals surface area contributed by atoms with E-state index < -0.39 is 17.2 Å². The van der Waals surface area contributed by atoms with Gasteiger partial charge < -0.3 is 15.5 Å². The molecule has 0 bridgehead atoms. The first kappa shape index (κ1) is 24.2. The Hall–Kier alpha value is -2.08. The molecule has 0 saturated heterocycles. The fourth-order valence-corrected chi connectivity index (χ4v) is 3.98. The summed E-state index contributed by atoms with van der Waals surface area (Å²) < 4.78 is 0. The van der Waals surface area contributed by atoms with Crippen molar-refractivity contribution in [2.45, 2.75) is 11.7 Å². The summed E-state index contributed by atoms with van der Waals surface area (Å²) in [5, 5.41) is 21.6. The summed E-state index contributed by atoms with van der Waals surface area (Å²) >= 11 is 6.59. The van der Waals surface area contributed by atoms with Gasteiger partial charge in [-0.05, 0) is 16.6 Å². The van der Waals surface area contributed by atoms with Crippen LogP contribution in [0.15, 0.2) is 0 Å². The van der Waals surface area contributed by atoms with Gasteiger partial charge in [0, 0.05) is 10.6 Å². The van der Waals surface area contributed by atoms with Gasteiger partial charge >= 0.3 is 5.97 Å². The van der Waals surface area contributed by atoms with Gasteiger partial charge in [0.15, 0.2) is 13.5 Å². The number of hydrogen-bond acceptors (Lipinski definition) is 4. The number of aliphatic carboxylic acids is 1. The van der Waals surface area contributed by atoms with Crippen LogP contribution in [-0.2, 0) is 11.1 Å². The van der Waals surface area contributed by atoms with Crippen molar-refractivity contribution in [3.8, 4) is 16.9 Å². The lowest BCUT2D eigenvalue weighted by Gasteiger charge is -2.25. The number of aromatic nitrogens is 1. The Morgan fingerprint density at radius 1 is 1.00 bits per heavy atom. The van der Waals surface area contributed by atoms with E-state index in [0.717, 1.165) is 39.4 Å². The highest BCUT2D eigenvalue weighted by Crippen LogP contribution is 2.23. The maximum Gasteiger partial charge on any atom is 0.311 e.